The lowest BCUT2D eigenvalue weighted by atomic mass is 9.95. The Hall–Kier alpha value is -0.910. The van der Waals surface area contributed by atoms with Crippen molar-refractivity contribution in [2.75, 3.05) is 6.54 Å². The van der Waals surface area contributed by atoms with Crippen molar-refractivity contribution in [3.63, 3.8) is 0 Å². The van der Waals surface area contributed by atoms with Crippen molar-refractivity contribution < 1.29 is 13.5 Å². The predicted molar refractivity (Wildman–Crippen MR) is 81.2 cm³/mol. The molecular weight excluding hydrogens is 274 g/mol. The largest absolute Gasteiger partial charge is 0.389 e. The molecule has 0 fully saturated rings. The van der Waals surface area contributed by atoms with Crippen molar-refractivity contribution in [1.29, 1.82) is 0 Å². The standard InChI is InChI=1S/C15H25NO3S/c1-11(2)9-15(5,17)10-16-20(18,19)14-7-12(3)6-13(4)8-14/h6-8,11,16-17H,9-10H2,1-5H3. The van der Waals surface area contributed by atoms with E-state index < -0.39 is 15.6 Å². The highest BCUT2D eigenvalue weighted by Crippen LogP contribution is 2.18. The monoisotopic (exact) mass is 299 g/mol. The number of sulfonamides is 1. The zero-order valence-electron chi connectivity index (χ0n) is 12.9. The van der Waals surface area contributed by atoms with Crippen molar-refractivity contribution in [1.82, 2.24) is 4.72 Å². The Kier molecular flexibility index (Phi) is 5.35. The third-order valence-electron chi connectivity index (χ3n) is 3.00. The van der Waals surface area contributed by atoms with Crippen LogP contribution in [0.5, 0.6) is 0 Å². The second-order valence-electron chi connectivity index (χ2n) is 6.24. The summed E-state index contributed by atoms with van der Waals surface area (Å²) in [6.45, 7) is 9.37. The first kappa shape index (κ1) is 17.1. The molecule has 5 heteroatoms. The average Bonchev–Trinajstić information content (AvgIpc) is 2.23. The van der Waals surface area contributed by atoms with Crippen molar-refractivity contribution in [2.45, 2.75) is 51.5 Å². The number of hydrogen-bond acceptors (Lipinski definition) is 3. The third kappa shape index (κ3) is 5.23. The van der Waals surface area contributed by atoms with Gasteiger partial charge in [0.1, 0.15) is 0 Å². The summed E-state index contributed by atoms with van der Waals surface area (Å²) < 4.78 is 27.0. The summed E-state index contributed by atoms with van der Waals surface area (Å²) in [6, 6.07) is 5.19. The van der Waals surface area contributed by atoms with E-state index in [1.54, 1.807) is 19.1 Å². The lowest BCUT2D eigenvalue weighted by Gasteiger charge is -2.25. The molecule has 1 rings (SSSR count). The summed E-state index contributed by atoms with van der Waals surface area (Å²) in [4.78, 5) is 0.246. The molecule has 0 amide bonds. The smallest absolute Gasteiger partial charge is 0.240 e. The molecule has 2 N–H and O–H groups in total. The van der Waals surface area contributed by atoms with Gasteiger partial charge in [-0.15, -0.1) is 0 Å². The van der Waals surface area contributed by atoms with Crippen LogP contribution in [0.3, 0.4) is 0 Å². The van der Waals surface area contributed by atoms with Crippen molar-refractivity contribution in [3.8, 4) is 0 Å². The van der Waals surface area contributed by atoms with Gasteiger partial charge in [-0.25, -0.2) is 13.1 Å². The molecule has 0 heterocycles. The molecule has 0 spiro atoms. The zero-order chi connectivity index (χ0) is 15.6. The van der Waals surface area contributed by atoms with Crippen LogP contribution in [0.1, 0.15) is 38.3 Å². The number of nitrogens with one attached hydrogen (secondary N) is 1. The van der Waals surface area contributed by atoms with E-state index in [0.29, 0.717) is 12.3 Å². The van der Waals surface area contributed by atoms with Crippen LogP contribution in [0.15, 0.2) is 23.1 Å². The van der Waals surface area contributed by atoms with E-state index >= 15 is 0 Å². The van der Waals surface area contributed by atoms with Crippen LogP contribution in [0.25, 0.3) is 0 Å². The maximum Gasteiger partial charge on any atom is 0.240 e. The molecule has 0 aromatic heterocycles. The molecule has 1 unspecified atom stereocenters. The number of rotatable bonds is 6. The van der Waals surface area contributed by atoms with Gasteiger partial charge < -0.3 is 5.11 Å². The maximum absolute atomic E-state index is 12.2. The zero-order valence-corrected chi connectivity index (χ0v) is 13.7. The Morgan fingerprint density at radius 2 is 1.70 bits per heavy atom. The Morgan fingerprint density at radius 1 is 1.20 bits per heavy atom. The van der Waals surface area contributed by atoms with Crippen molar-refractivity contribution in [3.05, 3.63) is 29.3 Å². The number of aliphatic hydroxyl groups is 1. The van der Waals surface area contributed by atoms with Crippen LogP contribution in [0, 0.1) is 19.8 Å². The molecule has 114 valence electrons. The first-order valence-electron chi connectivity index (χ1n) is 6.82. The molecule has 0 aliphatic carbocycles. The molecule has 0 bridgehead atoms. The second kappa shape index (κ2) is 6.24. The topological polar surface area (TPSA) is 66.4 Å². The maximum atomic E-state index is 12.2. The molecule has 0 saturated heterocycles. The van der Waals surface area contributed by atoms with Crippen molar-refractivity contribution in [2.24, 2.45) is 5.92 Å². The summed E-state index contributed by atoms with van der Waals surface area (Å²) in [5.74, 6) is 0.302. The highest BCUT2D eigenvalue weighted by molar-refractivity contribution is 7.89. The Labute approximate surface area is 122 Å². The molecule has 0 aliphatic heterocycles. The minimum Gasteiger partial charge on any atom is -0.389 e. The number of benzene rings is 1. The first-order chi connectivity index (χ1) is 9.02. The molecule has 4 nitrogen and oxygen atoms in total. The van der Waals surface area contributed by atoms with Gasteiger partial charge in [-0.1, -0.05) is 19.9 Å². The summed E-state index contributed by atoms with van der Waals surface area (Å²) >= 11 is 0. The fraction of sp³-hybridized carbons (Fsp3) is 0.600. The predicted octanol–water partition coefficient (Wildman–Crippen LogP) is 2.38. The van der Waals surface area contributed by atoms with E-state index in [4.69, 9.17) is 0 Å². The number of aryl methyl sites for hydroxylation is 2. The van der Waals surface area contributed by atoms with Crippen LogP contribution >= 0.6 is 0 Å². The van der Waals surface area contributed by atoms with Crippen LogP contribution in [0.2, 0.25) is 0 Å². The van der Waals surface area contributed by atoms with Crippen LogP contribution < -0.4 is 4.72 Å². The lowest BCUT2D eigenvalue weighted by molar-refractivity contribution is 0.0437. The van der Waals surface area contributed by atoms with Gasteiger partial charge >= 0.3 is 0 Å². The Balaban J connectivity index is 2.85. The lowest BCUT2D eigenvalue weighted by Crippen LogP contribution is -2.41. The minimum atomic E-state index is -3.58. The SMILES string of the molecule is Cc1cc(C)cc(S(=O)(=O)NCC(C)(O)CC(C)C)c1. The van der Waals surface area contributed by atoms with E-state index in [0.717, 1.165) is 11.1 Å². The normalized spacial score (nSPS) is 15.3. The van der Waals surface area contributed by atoms with Crippen LogP contribution in [-0.4, -0.2) is 25.7 Å². The molecule has 20 heavy (non-hydrogen) atoms. The van der Waals surface area contributed by atoms with Crippen molar-refractivity contribution >= 4 is 10.0 Å². The van der Waals surface area contributed by atoms with Gasteiger partial charge in [-0.3, -0.25) is 0 Å². The molecular formula is C15H25NO3S. The molecule has 1 atom stereocenters. The van der Waals surface area contributed by atoms with Gasteiger partial charge in [0.15, 0.2) is 0 Å². The van der Waals surface area contributed by atoms with Crippen LogP contribution in [0.4, 0.5) is 0 Å². The van der Waals surface area contributed by atoms with E-state index in [9.17, 15) is 13.5 Å². The fourth-order valence-corrected chi connectivity index (χ4v) is 3.72. The summed E-state index contributed by atoms with van der Waals surface area (Å²) in [5, 5.41) is 10.2. The second-order valence-corrected chi connectivity index (χ2v) is 8.01. The van der Waals surface area contributed by atoms with E-state index in [2.05, 4.69) is 4.72 Å². The summed E-state index contributed by atoms with van der Waals surface area (Å²) in [7, 11) is -3.58. The minimum absolute atomic E-state index is 0.0144. The van der Waals surface area contributed by atoms with Gasteiger partial charge in [-0.2, -0.15) is 0 Å². The molecule has 0 aliphatic rings. The van der Waals surface area contributed by atoms with Gasteiger partial charge in [0.05, 0.1) is 10.5 Å². The molecule has 1 aromatic rings. The Morgan fingerprint density at radius 3 is 2.15 bits per heavy atom. The third-order valence-corrected chi connectivity index (χ3v) is 4.38. The summed E-state index contributed by atoms with van der Waals surface area (Å²) in [6.07, 6.45) is 0.544. The molecule has 1 aromatic carbocycles. The van der Waals surface area contributed by atoms with Gasteiger partial charge in [0.2, 0.25) is 10.0 Å². The number of hydrogen-bond donors (Lipinski definition) is 2. The van der Waals surface area contributed by atoms with E-state index in [1.165, 1.54) is 0 Å². The van der Waals surface area contributed by atoms with Gasteiger partial charge in [0.25, 0.3) is 0 Å². The Bertz CT molecular complexity index is 542. The highest BCUT2D eigenvalue weighted by Gasteiger charge is 2.25. The van der Waals surface area contributed by atoms with Gasteiger partial charge in [0, 0.05) is 6.54 Å². The average molecular weight is 299 g/mol. The van der Waals surface area contributed by atoms with E-state index in [1.807, 2.05) is 33.8 Å². The quantitative estimate of drug-likeness (QED) is 0.847. The van der Waals surface area contributed by atoms with E-state index in [-0.39, 0.29) is 11.4 Å². The highest BCUT2D eigenvalue weighted by atomic mass is 32.2. The molecule has 0 saturated carbocycles. The fourth-order valence-electron chi connectivity index (χ4n) is 2.37. The van der Waals surface area contributed by atoms with Crippen LogP contribution in [-0.2, 0) is 10.0 Å². The summed E-state index contributed by atoms with van der Waals surface area (Å²) in [5.41, 5.74) is 0.763. The van der Waals surface area contributed by atoms with Gasteiger partial charge in [-0.05, 0) is 56.4 Å². The molecule has 0 radical (unpaired) electrons. The first-order valence-corrected chi connectivity index (χ1v) is 8.30.